The molecule has 0 bridgehead atoms. The van der Waals surface area contributed by atoms with Gasteiger partial charge in [-0.15, -0.1) is 0 Å². The van der Waals surface area contributed by atoms with E-state index in [1.54, 1.807) is 24.3 Å². The zero-order chi connectivity index (χ0) is 24.6. The molecule has 0 radical (unpaired) electrons. The van der Waals surface area contributed by atoms with Gasteiger partial charge in [-0.05, 0) is 55.0 Å². The number of nitrogens with zero attached hydrogens (tertiary/aromatic N) is 4. The van der Waals surface area contributed by atoms with Crippen LogP contribution < -0.4 is 10.1 Å². The summed E-state index contributed by atoms with van der Waals surface area (Å²) in [5.74, 6) is 0.713. The molecule has 184 valence electrons. The lowest BCUT2D eigenvalue weighted by atomic mass is 9.96. The van der Waals surface area contributed by atoms with Crippen LogP contribution in [0.15, 0.2) is 55.0 Å². The van der Waals surface area contributed by atoms with Crippen molar-refractivity contribution in [3.05, 3.63) is 71.8 Å². The van der Waals surface area contributed by atoms with Gasteiger partial charge in [0.05, 0.1) is 13.5 Å². The molecule has 1 atom stereocenters. The Bertz CT molecular complexity index is 1150. The Kier molecular flexibility index (Phi) is 7.97. The number of fused-ring (bicyclic) bond motifs is 2. The molecule has 0 aromatic carbocycles. The number of aryl methyl sites for hydroxylation is 2. The SMILES string of the molecule is COc1ccccn1.O=C(O)CCN1CCn2cc(CCC3CCc4cccnc4N3)cc2C1=O. The lowest BCUT2D eigenvalue weighted by Gasteiger charge is -2.27. The van der Waals surface area contributed by atoms with Crippen LogP contribution in [0.1, 0.15) is 40.9 Å². The molecule has 9 nitrogen and oxygen atoms in total. The largest absolute Gasteiger partial charge is 0.481 e. The van der Waals surface area contributed by atoms with Crippen LogP contribution in [0, 0.1) is 0 Å². The lowest BCUT2D eigenvalue weighted by molar-refractivity contribution is -0.137. The van der Waals surface area contributed by atoms with E-state index in [4.69, 9.17) is 9.84 Å². The number of carbonyl (C=O) groups is 2. The minimum atomic E-state index is -0.875. The molecule has 0 aliphatic carbocycles. The summed E-state index contributed by atoms with van der Waals surface area (Å²) < 4.78 is 6.80. The van der Waals surface area contributed by atoms with Crippen molar-refractivity contribution in [3.63, 3.8) is 0 Å². The third kappa shape index (κ3) is 6.38. The Morgan fingerprint density at radius 1 is 1.20 bits per heavy atom. The molecule has 5 heterocycles. The van der Waals surface area contributed by atoms with Gasteiger partial charge in [-0.1, -0.05) is 12.1 Å². The highest BCUT2D eigenvalue weighted by molar-refractivity contribution is 5.93. The number of hydrogen-bond acceptors (Lipinski definition) is 6. The van der Waals surface area contributed by atoms with E-state index in [9.17, 15) is 9.59 Å². The van der Waals surface area contributed by atoms with Gasteiger partial charge in [0.2, 0.25) is 5.88 Å². The summed E-state index contributed by atoms with van der Waals surface area (Å²) in [6, 6.07) is 12.0. The predicted molar refractivity (Wildman–Crippen MR) is 132 cm³/mol. The van der Waals surface area contributed by atoms with Gasteiger partial charge in [0.15, 0.2) is 0 Å². The first-order chi connectivity index (χ1) is 17.0. The second kappa shape index (κ2) is 11.5. The molecular weight excluding hydrogens is 446 g/mol. The molecule has 0 saturated carbocycles. The molecule has 2 aliphatic heterocycles. The van der Waals surface area contributed by atoms with E-state index in [-0.39, 0.29) is 18.9 Å². The van der Waals surface area contributed by atoms with E-state index in [0.29, 0.717) is 24.2 Å². The number of carbonyl (C=O) groups excluding carboxylic acids is 1. The number of pyridine rings is 2. The summed E-state index contributed by atoms with van der Waals surface area (Å²) in [6.07, 6.45) is 9.60. The van der Waals surface area contributed by atoms with Gasteiger partial charge in [0, 0.05) is 50.3 Å². The maximum absolute atomic E-state index is 12.6. The molecule has 2 N–H and O–H groups in total. The minimum absolute atomic E-state index is 0.0117. The summed E-state index contributed by atoms with van der Waals surface area (Å²) >= 11 is 0. The molecule has 5 rings (SSSR count). The molecule has 1 amide bonds. The Hall–Kier alpha value is -3.88. The number of anilines is 1. The van der Waals surface area contributed by atoms with Gasteiger partial charge >= 0.3 is 5.97 Å². The van der Waals surface area contributed by atoms with E-state index in [0.717, 1.165) is 43.6 Å². The first-order valence-electron chi connectivity index (χ1n) is 11.9. The van der Waals surface area contributed by atoms with Crippen LogP contribution in [-0.2, 0) is 24.2 Å². The first kappa shape index (κ1) is 24.3. The summed E-state index contributed by atoms with van der Waals surface area (Å²) in [7, 11) is 1.60. The van der Waals surface area contributed by atoms with E-state index in [1.165, 1.54) is 5.56 Å². The molecule has 0 saturated heterocycles. The molecular formula is C26H31N5O4. The molecule has 9 heteroatoms. The topological polar surface area (TPSA) is 110 Å². The summed E-state index contributed by atoms with van der Waals surface area (Å²) in [5.41, 5.74) is 3.11. The van der Waals surface area contributed by atoms with Crippen LogP contribution in [0.3, 0.4) is 0 Å². The van der Waals surface area contributed by atoms with Crippen molar-refractivity contribution in [3.8, 4) is 5.88 Å². The standard InChI is InChI=1S/C20H24N4O3.C6H7NO/c25-18(26)7-9-23-10-11-24-13-14(12-17(24)20(23)27)3-5-16-6-4-15-2-1-8-21-19(15)22-16;1-8-6-4-2-3-5-7-6/h1-2,8,12-13,16H,3-7,9-11H2,(H,21,22)(H,25,26);2-5H,1H3. The van der Waals surface area contributed by atoms with Gasteiger partial charge in [-0.2, -0.15) is 0 Å². The number of ether oxygens (including phenoxy) is 1. The Labute approximate surface area is 204 Å². The normalized spacial score (nSPS) is 16.3. The number of aromatic nitrogens is 3. The highest BCUT2D eigenvalue weighted by Crippen LogP contribution is 2.25. The maximum Gasteiger partial charge on any atom is 0.305 e. The van der Waals surface area contributed by atoms with Gasteiger partial charge in [0.25, 0.3) is 5.91 Å². The lowest BCUT2D eigenvalue weighted by Crippen LogP contribution is -2.40. The molecule has 3 aromatic heterocycles. The van der Waals surface area contributed by atoms with Crippen LogP contribution >= 0.6 is 0 Å². The summed E-state index contributed by atoms with van der Waals surface area (Å²) in [5, 5.41) is 12.4. The predicted octanol–water partition coefficient (Wildman–Crippen LogP) is 3.26. The van der Waals surface area contributed by atoms with Crippen molar-refractivity contribution in [1.82, 2.24) is 19.4 Å². The fourth-order valence-electron chi connectivity index (χ4n) is 4.40. The van der Waals surface area contributed by atoms with Crippen molar-refractivity contribution >= 4 is 17.7 Å². The molecule has 3 aromatic rings. The van der Waals surface area contributed by atoms with Gasteiger partial charge in [-0.25, -0.2) is 9.97 Å². The van der Waals surface area contributed by atoms with Crippen LogP contribution in [-0.4, -0.2) is 62.7 Å². The number of hydrogen-bond donors (Lipinski definition) is 2. The molecule has 2 aliphatic rings. The van der Waals surface area contributed by atoms with Crippen LogP contribution in [0.25, 0.3) is 0 Å². The van der Waals surface area contributed by atoms with Gasteiger partial charge in [-0.3, -0.25) is 9.59 Å². The quantitative estimate of drug-likeness (QED) is 0.537. The number of aliphatic carboxylic acids is 1. The zero-order valence-corrected chi connectivity index (χ0v) is 19.9. The average molecular weight is 478 g/mol. The Balaban J connectivity index is 0.000000308. The highest BCUT2D eigenvalue weighted by Gasteiger charge is 2.26. The van der Waals surface area contributed by atoms with Crippen molar-refractivity contribution in [2.45, 2.75) is 44.7 Å². The van der Waals surface area contributed by atoms with Crippen molar-refractivity contribution in [2.75, 3.05) is 25.5 Å². The maximum atomic E-state index is 12.6. The van der Waals surface area contributed by atoms with E-state index in [2.05, 4.69) is 27.5 Å². The second-order valence-corrected chi connectivity index (χ2v) is 8.66. The van der Waals surface area contributed by atoms with Crippen molar-refractivity contribution in [1.29, 1.82) is 0 Å². The minimum Gasteiger partial charge on any atom is -0.481 e. The fraction of sp³-hybridized carbons (Fsp3) is 0.385. The number of nitrogens with one attached hydrogen (secondary N) is 1. The van der Waals surface area contributed by atoms with Crippen molar-refractivity contribution < 1.29 is 19.4 Å². The first-order valence-corrected chi connectivity index (χ1v) is 11.9. The monoisotopic (exact) mass is 477 g/mol. The zero-order valence-electron chi connectivity index (χ0n) is 19.9. The van der Waals surface area contributed by atoms with Crippen molar-refractivity contribution in [2.24, 2.45) is 0 Å². The Morgan fingerprint density at radius 3 is 2.80 bits per heavy atom. The molecule has 35 heavy (non-hydrogen) atoms. The second-order valence-electron chi connectivity index (χ2n) is 8.66. The van der Waals surface area contributed by atoms with Gasteiger partial charge < -0.3 is 24.6 Å². The summed E-state index contributed by atoms with van der Waals surface area (Å²) in [6.45, 7) is 1.56. The number of rotatable bonds is 7. The number of carboxylic acids is 1. The van der Waals surface area contributed by atoms with Crippen LogP contribution in [0.2, 0.25) is 0 Å². The number of carboxylic acid groups (broad SMARTS) is 1. The third-order valence-corrected chi connectivity index (χ3v) is 6.29. The molecule has 1 unspecified atom stereocenters. The Morgan fingerprint density at radius 2 is 2.06 bits per heavy atom. The molecule has 0 spiro atoms. The van der Waals surface area contributed by atoms with Crippen LogP contribution in [0.5, 0.6) is 5.88 Å². The number of amides is 1. The van der Waals surface area contributed by atoms with E-state index in [1.807, 2.05) is 35.0 Å². The van der Waals surface area contributed by atoms with E-state index >= 15 is 0 Å². The number of methoxy groups -OCH3 is 1. The highest BCUT2D eigenvalue weighted by atomic mass is 16.5. The fourth-order valence-corrected chi connectivity index (χ4v) is 4.40. The molecule has 0 fully saturated rings. The smallest absolute Gasteiger partial charge is 0.305 e. The van der Waals surface area contributed by atoms with Gasteiger partial charge in [0.1, 0.15) is 11.5 Å². The average Bonchev–Trinajstić information content (AvgIpc) is 3.32. The van der Waals surface area contributed by atoms with E-state index < -0.39 is 5.97 Å². The summed E-state index contributed by atoms with van der Waals surface area (Å²) in [4.78, 5) is 33.3. The van der Waals surface area contributed by atoms with Crippen LogP contribution in [0.4, 0.5) is 5.82 Å². The third-order valence-electron chi connectivity index (χ3n) is 6.29.